The van der Waals surface area contributed by atoms with Gasteiger partial charge in [0.2, 0.25) is 0 Å². The normalized spacial score (nSPS) is 11.4. The third-order valence-electron chi connectivity index (χ3n) is 3.60. The lowest BCUT2D eigenvalue weighted by molar-refractivity contribution is -0.142. The predicted molar refractivity (Wildman–Crippen MR) is 105 cm³/mol. The van der Waals surface area contributed by atoms with Crippen LogP contribution in [0, 0.1) is 11.7 Å². The standard InChI is InChI=1S/C21H21ClFNO3/c1-14(2)12-24-20(25)13-27-21(26)19(16-5-9-18(23)10-6-16)11-15-3-7-17(22)8-4-15/h3-11,14H,12-13H2,1-2H3,(H,24,25). The average molecular weight is 390 g/mol. The smallest absolute Gasteiger partial charge is 0.339 e. The van der Waals surface area contributed by atoms with E-state index in [4.69, 9.17) is 16.3 Å². The molecule has 0 unspecified atom stereocenters. The van der Waals surface area contributed by atoms with Crippen LogP contribution in [0.1, 0.15) is 25.0 Å². The molecule has 1 amide bonds. The number of esters is 1. The molecule has 0 spiro atoms. The fourth-order valence-electron chi connectivity index (χ4n) is 2.19. The van der Waals surface area contributed by atoms with Crippen LogP contribution < -0.4 is 5.32 Å². The predicted octanol–water partition coefficient (Wildman–Crippen LogP) is 4.34. The van der Waals surface area contributed by atoms with E-state index in [1.165, 1.54) is 24.3 Å². The number of amides is 1. The van der Waals surface area contributed by atoms with Gasteiger partial charge in [0, 0.05) is 11.6 Å². The molecular formula is C21H21ClFNO3. The zero-order valence-corrected chi connectivity index (χ0v) is 15.9. The van der Waals surface area contributed by atoms with Crippen molar-refractivity contribution in [3.05, 3.63) is 70.5 Å². The van der Waals surface area contributed by atoms with Crippen molar-refractivity contribution in [1.29, 1.82) is 0 Å². The Balaban J connectivity index is 2.18. The number of hydrogen-bond acceptors (Lipinski definition) is 3. The van der Waals surface area contributed by atoms with Crippen LogP contribution in [0.5, 0.6) is 0 Å². The molecule has 6 heteroatoms. The summed E-state index contributed by atoms with van der Waals surface area (Å²) in [6.45, 7) is 4.05. The number of ether oxygens (including phenoxy) is 1. The highest BCUT2D eigenvalue weighted by molar-refractivity contribution is 6.30. The molecule has 0 radical (unpaired) electrons. The maximum absolute atomic E-state index is 13.2. The second-order valence-corrected chi connectivity index (χ2v) is 6.83. The van der Waals surface area contributed by atoms with Crippen molar-refractivity contribution in [2.75, 3.05) is 13.2 Å². The molecule has 0 saturated carbocycles. The molecule has 2 aromatic carbocycles. The van der Waals surface area contributed by atoms with Crippen LogP contribution in [0.25, 0.3) is 11.6 Å². The minimum atomic E-state index is -0.670. The van der Waals surface area contributed by atoms with Crippen molar-refractivity contribution in [1.82, 2.24) is 5.32 Å². The van der Waals surface area contributed by atoms with Gasteiger partial charge < -0.3 is 10.1 Å². The van der Waals surface area contributed by atoms with Gasteiger partial charge >= 0.3 is 5.97 Å². The van der Waals surface area contributed by atoms with Gasteiger partial charge in [0.15, 0.2) is 6.61 Å². The van der Waals surface area contributed by atoms with Crippen LogP contribution >= 0.6 is 11.6 Å². The Bertz CT molecular complexity index is 814. The first-order chi connectivity index (χ1) is 12.8. The fourth-order valence-corrected chi connectivity index (χ4v) is 2.32. The molecular weight excluding hydrogens is 369 g/mol. The number of halogens is 2. The van der Waals surface area contributed by atoms with Crippen LogP contribution in [-0.4, -0.2) is 25.0 Å². The molecule has 0 bridgehead atoms. The third-order valence-corrected chi connectivity index (χ3v) is 3.85. The van der Waals surface area contributed by atoms with Crippen molar-refractivity contribution in [3.8, 4) is 0 Å². The fraction of sp³-hybridized carbons (Fsp3) is 0.238. The SMILES string of the molecule is CC(C)CNC(=O)COC(=O)C(=Cc1ccc(Cl)cc1)c1ccc(F)cc1. The molecule has 0 aliphatic heterocycles. The van der Waals surface area contributed by atoms with Crippen LogP contribution in [0.2, 0.25) is 5.02 Å². The third kappa shape index (κ3) is 6.87. The molecule has 0 aliphatic carbocycles. The largest absolute Gasteiger partial charge is 0.452 e. The number of nitrogens with one attached hydrogen (secondary N) is 1. The molecule has 0 saturated heterocycles. The van der Waals surface area contributed by atoms with Crippen molar-refractivity contribution < 1.29 is 18.7 Å². The second kappa shape index (κ2) is 9.88. The van der Waals surface area contributed by atoms with Gasteiger partial charge in [-0.2, -0.15) is 0 Å². The van der Waals surface area contributed by atoms with Gasteiger partial charge in [-0.25, -0.2) is 9.18 Å². The minimum Gasteiger partial charge on any atom is -0.452 e. The first kappa shape index (κ1) is 20.6. The Morgan fingerprint density at radius 1 is 1.11 bits per heavy atom. The molecule has 27 heavy (non-hydrogen) atoms. The van der Waals surface area contributed by atoms with Crippen molar-refractivity contribution >= 4 is 35.1 Å². The molecule has 2 rings (SSSR count). The average Bonchev–Trinajstić information content (AvgIpc) is 2.65. The van der Waals surface area contributed by atoms with E-state index in [1.54, 1.807) is 30.3 Å². The highest BCUT2D eigenvalue weighted by atomic mass is 35.5. The zero-order chi connectivity index (χ0) is 19.8. The molecule has 142 valence electrons. The Morgan fingerprint density at radius 2 is 1.74 bits per heavy atom. The van der Waals surface area contributed by atoms with Crippen molar-refractivity contribution in [2.24, 2.45) is 5.92 Å². The van der Waals surface area contributed by atoms with E-state index in [9.17, 15) is 14.0 Å². The highest BCUT2D eigenvalue weighted by Gasteiger charge is 2.16. The number of carbonyl (C=O) groups excluding carboxylic acids is 2. The molecule has 0 heterocycles. The van der Waals surface area contributed by atoms with Crippen LogP contribution in [0.4, 0.5) is 4.39 Å². The zero-order valence-electron chi connectivity index (χ0n) is 15.2. The van der Waals surface area contributed by atoms with Gasteiger partial charge in [-0.1, -0.05) is 49.7 Å². The summed E-state index contributed by atoms with van der Waals surface area (Å²) in [7, 11) is 0. The number of rotatable bonds is 7. The monoisotopic (exact) mass is 389 g/mol. The molecule has 0 aliphatic rings. The van der Waals surface area contributed by atoms with Crippen LogP contribution in [0.15, 0.2) is 48.5 Å². The summed E-state index contributed by atoms with van der Waals surface area (Å²) in [5.74, 6) is -1.16. The van der Waals surface area contributed by atoms with Crippen molar-refractivity contribution in [2.45, 2.75) is 13.8 Å². The highest BCUT2D eigenvalue weighted by Crippen LogP contribution is 2.21. The summed E-state index contributed by atoms with van der Waals surface area (Å²) in [5.41, 5.74) is 1.42. The van der Waals surface area contributed by atoms with E-state index in [0.29, 0.717) is 23.0 Å². The number of carbonyl (C=O) groups is 2. The minimum absolute atomic E-state index is 0.217. The second-order valence-electron chi connectivity index (χ2n) is 6.39. The Morgan fingerprint density at radius 3 is 2.33 bits per heavy atom. The van der Waals surface area contributed by atoms with Gasteiger partial charge in [-0.05, 0) is 47.4 Å². The van der Waals surface area contributed by atoms with E-state index >= 15 is 0 Å². The first-order valence-corrected chi connectivity index (χ1v) is 8.90. The summed E-state index contributed by atoms with van der Waals surface area (Å²) in [5, 5.41) is 3.25. The van der Waals surface area contributed by atoms with E-state index in [1.807, 2.05) is 13.8 Å². The summed E-state index contributed by atoms with van der Waals surface area (Å²) in [4.78, 5) is 24.3. The van der Waals surface area contributed by atoms with Gasteiger partial charge in [0.1, 0.15) is 5.82 Å². The quantitative estimate of drug-likeness (QED) is 0.435. The van der Waals surface area contributed by atoms with Gasteiger partial charge in [0.05, 0.1) is 5.57 Å². The Labute approximate surface area is 163 Å². The molecule has 0 aromatic heterocycles. The lowest BCUT2D eigenvalue weighted by Crippen LogP contribution is -2.31. The molecule has 0 fully saturated rings. The summed E-state index contributed by atoms with van der Waals surface area (Å²) in [6, 6.07) is 12.4. The molecule has 1 N–H and O–H groups in total. The van der Waals surface area contributed by atoms with Gasteiger partial charge in [-0.15, -0.1) is 0 Å². The van der Waals surface area contributed by atoms with E-state index in [0.717, 1.165) is 5.56 Å². The summed E-state index contributed by atoms with van der Waals surface area (Å²) < 4.78 is 18.4. The maximum Gasteiger partial charge on any atom is 0.339 e. The number of benzene rings is 2. The lowest BCUT2D eigenvalue weighted by Gasteiger charge is -2.11. The van der Waals surface area contributed by atoms with Gasteiger partial charge in [0.25, 0.3) is 5.91 Å². The Hall–Kier alpha value is -2.66. The molecule has 2 aromatic rings. The maximum atomic E-state index is 13.2. The summed E-state index contributed by atoms with van der Waals surface area (Å²) in [6.07, 6.45) is 1.61. The lowest BCUT2D eigenvalue weighted by atomic mass is 10.0. The van der Waals surface area contributed by atoms with Crippen LogP contribution in [-0.2, 0) is 14.3 Å². The summed E-state index contributed by atoms with van der Waals surface area (Å²) >= 11 is 5.88. The first-order valence-electron chi connectivity index (χ1n) is 8.52. The van der Waals surface area contributed by atoms with Gasteiger partial charge in [-0.3, -0.25) is 4.79 Å². The Kier molecular flexibility index (Phi) is 7.55. The van der Waals surface area contributed by atoms with Crippen molar-refractivity contribution in [3.63, 3.8) is 0 Å². The van der Waals surface area contributed by atoms with E-state index < -0.39 is 11.8 Å². The number of hydrogen-bond donors (Lipinski definition) is 1. The van der Waals surface area contributed by atoms with Crippen LogP contribution in [0.3, 0.4) is 0 Å². The van der Waals surface area contributed by atoms with E-state index in [2.05, 4.69) is 5.32 Å². The topological polar surface area (TPSA) is 55.4 Å². The molecule has 0 atom stereocenters. The van der Waals surface area contributed by atoms with E-state index in [-0.39, 0.29) is 18.1 Å². The molecule has 4 nitrogen and oxygen atoms in total.